The molecule has 0 N–H and O–H groups in total. The third-order valence-electron chi connectivity index (χ3n) is 11.0. The lowest BCUT2D eigenvalue weighted by Crippen LogP contribution is -2.30. The highest BCUT2D eigenvalue weighted by Crippen LogP contribution is 2.14. The Balaban J connectivity index is 4.46. The van der Waals surface area contributed by atoms with Gasteiger partial charge in [-0.15, -0.1) is 0 Å². The van der Waals surface area contributed by atoms with Crippen molar-refractivity contribution in [3.05, 3.63) is 60.8 Å². The van der Waals surface area contributed by atoms with Crippen LogP contribution in [0.5, 0.6) is 0 Å². The summed E-state index contributed by atoms with van der Waals surface area (Å²) < 4.78 is 16.8. The zero-order chi connectivity index (χ0) is 44.4. The molecule has 6 nitrogen and oxygen atoms in total. The lowest BCUT2D eigenvalue weighted by molar-refractivity contribution is -0.167. The average molecular weight is 853 g/mol. The number of rotatable bonds is 46. The number of unbranched alkanes of at least 4 members (excludes halogenated alkanes) is 25. The third-order valence-corrected chi connectivity index (χ3v) is 11.0. The van der Waals surface area contributed by atoms with Crippen LogP contribution in [0, 0.1) is 0 Å². The molecule has 0 saturated carbocycles. The van der Waals surface area contributed by atoms with E-state index in [0.717, 1.165) is 77.0 Å². The van der Waals surface area contributed by atoms with E-state index in [2.05, 4.69) is 81.5 Å². The quantitative estimate of drug-likeness (QED) is 0.0263. The lowest BCUT2D eigenvalue weighted by atomic mass is 10.1. The van der Waals surface area contributed by atoms with E-state index >= 15 is 0 Å². The number of esters is 3. The molecule has 0 spiro atoms. The summed E-state index contributed by atoms with van der Waals surface area (Å²) in [5.74, 6) is -0.941. The van der Waals surface area contributed by atoms with Gasteiger partial charge in [0, 0.05) is 19.3 Å². The average Bonchev–Trinajstić information content (AvgIpc) is 3.26. The molecule has 0 amide bonds. The summed E-state index contributed by atoms with van der Waals surface area (Å²) in [7, 11) is 0. The van der Waals surface area contributed by atoms with E-state index in [1.165, 1.54) is 135 Å². The van der Waals surface area contributed by atoms with Crippen LogP contribution in [0.15, 0.2) is 60.8 Å². The first-order valence-electron chi connectivity index (χ1n) is 25.8. The largest absolute Gasteiger partial charge is 0.462 e. The molecule has 0 heterocycles. The molecule has 0 aromatic carbocycles. The molecule has 1 atom stereocenters. The zero-order valence-corrected chi connectivity index (χ0v) is 40.2. The molecule has 0 aromatic heterocycles. The van der Waals surface area contributed by atoms with Gasteiger partial charge in [0.2, 0.25) is 0 Å². The maximum Gasteiger partial charge on any atom is 0.306 e. The van der Waals surface area contributed by atoms with Crippen LogP contribution < -0.4 is 0 Å². The molecule has 0 aliphatic carbocycles. The Hall–Kier alpha value is -2.89. The van der Waals surface area contributed by atoms with Gasteiger partial charge >= 0.3 is 17.9 Å². The second-order valence-electron chi connectivity index (χ2n) is 17.1. The van der Waals surface area contributed by atoms with Gasteiger partial charge in [-0.1, -0.05) is 184 Å². The molecule has 0 aromatic rings. The predicted molar refractivity (Wildman–Crippen MR) is 261 cm³/mol. The highest BCUT2D eigenvalue weighted by molar-refractivity contribution is 5.71. The van der Waals surface area contributed by atoms with Gasteiger partial charge in [0.25, 0.3) is 0 Å². The van der Waals surface area contributed by atoms with Crippen molar-refractivity contribution in [2.45, 2.75) is 258 Å². The summed E-state index contributed by atoms with van der Waals surface area (Å²) in [6.07, 6.45) is 60.5. The van der Waals surface area contributed by atoms with Crippen molar-refractivity contribution < 1.29 is 28.6 Å². The monoisotopic (exact) mass is 853 g/mol. The number of carbonyl (C=O) groups is 3. The van der Waals surface area contributed by atoms with E-state index in [-0.39, 0.29) is 31.1 Å². The fraction of sp³-hybridized carbons (Fsp3) is 0.764. The summed E-state index contributed by atoms with van der Waals surface area (Å²) in [6, 6.07) is 0. The minimum atomic E-state index is -0.793. The Kier molecular flexibility index (Phi) is 47.4. The normalized spacial score (nSPS) is 12.5. The summed E-state index contributed by atoms with van der Waals surface area (Å²) in [6.45, 7) is 6.54. The number of allylic oxidation sites excluding steroid dienone is 10. The standard InChI is InChI=1S/C55H96O6/c1-4-7-10-13-16-19-22-25-27-30-33-36-39-42-45-48-54(57)60-51-52(50-59-53(56)47-44-41-38-35-32-29-24-21-18-15-12-9-6-3)61-55(58)49-46-43-40-37-34-31-28-26-23-20-17-14-11-8-5-2/h16,19-21,23-25,27,33,36,52H,4-15,17-18,22,26,28-32,34-35,37-51H2,1-3H3/b19-16-,23-20-,24-21-,27-25-,36-33-/t52-/m0/s1. The molecule has 352 valence electrons. The van der Waals surface area contributed by atoms with Crippen molar-refractivity contribution in [3.8, 4) is 0 Å². The Morgan fingerprint density at radius 1 is 0.328 bits per heavy atom. The van der Waals surface area contributed by atoms with E-state index in [1.807, 2.05) is 0 Å². The minimum absolute atomic E-state index is 0.0921. The van der Waals surface area contributed by atoms with Crippen LogP contribution >= 0.6 is 0 Å². The van der Waals surface area contributed by atoms with Crippen molar-refractivity contribution >= 4 is 17.9 Å². The first-order chi connectivity index (χ1) is 30.0. The van der Waals surface area contributed by atoms with Crippen LogP contribution in [0.25, 0.3) is 0 Å². The highest BCUT2D eigenvalue weighted by atomic mass is 16.6. The molecule has 6 heteroatoms. The van der Waals surface area contributed by atoms with Crippen molar-refractivity contribution in [2.24, 2.45) is 0 Å². The molecule has 0 radical (unpaired) electrons. The third kappa shape index (κ3) is 48.0. The van der Waals surface area contributed by atoms with Gasteiger partial charge in [0.15, 0.2) is 6.10 Å². The van der Waals surface area contributed by atoms with E-state index in [4.69, 9.17) is 14.2 Å². The van der Waals surface area contributed by atoms with E-state index in [9.17, 15) is 14.4 Å². The Bertz CT molecular complexity index is 1120. The fourth-order valence-corrected chi connectivity index (χ4v) is 7.03. The van der Waals surface area contributed by atoms with Gasteiger partial charge in [-0.3, -0.25) is 14.4 Å². The summed E-state index contributed by atoms with van der Waals surface area (Å²) in [5.41, 5.74) is 0. The van der Waals surface area contributed by atoms with Gasteiger partial charge in [0.05, 0.1) is 0 Å². The first-order valence-corrected chi connectivity index (χ1v) is 25.8. The second-order valence-corrected chi connectivity index (χ2v) is 17.1. The summed E-state index contributed by atoms with van der Waals surface area (Å²) in [4.78, 5) is 37.9. The Morgan fingerprint density at radius 3 is 1.00 bits per heavy atom. The number of carbonyl (C=O) groups excluding carboxylic acids is 3. The molecule has 0 aliphatic heterocycles. The van der Waals surface area contributed by atoms with E-state index < -0.39 is 6.10 Å². The summed E-state index contributed by atoms with van der Waals surface area (Å²) >= 11 is 0. The highest BCUT2D eigenvalue weighted by Gasteiger charge is 2.19. The summed E-state index contributed by atoms with van der Waals surface area (Å²) in [5, 5.41) is 0. The Labute approximate surface area is 377 Å². The molecule has 61 heavy (non-hydrogen) atoms. The maximum absolute atomic E-state index is 12.8. The van der Waals surface area contributed by atoms with Crippen LogP contribution in [0.2, 0.25) is 0 Å². The van der Waals surface area contributed by atoms with Crippen molar-refractivity contribution in [1.29, 1.82) is 0 Å². The number of hydrogen-bond acceptors (Lipinski definition) is 6. The fourth-order valence-electron chi connectivity index (χ4n) is 7.03. The van der Waals surface area contributed by atoms with Crippen LogP contribution in [0.4, 0.5) is 0 Å². The first kappa shape index (κ1) is 58.1. The van der Waals surface area contributed by atoms with Crippen LogP contribution in [-0.2, 0) is 28.6 Å². The SMILES string of the molecule is CCCCC/C=C\C/C=C\C/C=C\CCCCC(=O)OC[C@H](COC(=O)CCCCCCC/C=C\CCCCCC)OC(=O)CCCCCCCCC/C=C\CCCCCC. The van der Waals surface area contributed by atoms with Gasteiger partial charge in [-0.25, -0.2) is 0 Å². The molecule has 0 fully saturated rings. The molecule has 0 bridgehead atoms. The lowest BCUT2D eigenvalue weighted by Gasteiger charge is -2.18. The molecule has 0 aliphatic rings. The van der Waals surface area contributed by atoms with Crippen molar-refractivity contribution in [3.63, 3.8) is 0 Å². The van der Waals surface area contributed by atoms with Gasteiger partial charge in [-0.2, -0.15) is 0 Å². The van der Waals surface area contributed by atoms with E-state index in [1.54, 1.807) is 0 Å². The molecular weight excluding hydrogens is 757 g/mol. The number of hydrogen-bond donors (Lipinski definition) is 0. The van der Waals surface area contributed by atoms with Crippen molar-refractivity contribution in [1.82, 2.24) is 0 Å². The number of ether oxygens (including phenoxy) is 3. The van der Waals surface area contributed by atoms with Crippen LogP contribution in [0.3, 0.4) is 0 Å². The minimum Gasteiger partial charge on any atom is -0.462 e. The smallest absolute Gasteiger partial charge is 0.306 e. The molecule has 0 unspecified atom stereocenters. The van der Waals surface area contributed by atoms with Crippen LogP contribution in [-0.4, -0.2) is 37.2 Å². The molecule has 0 saturated heterocycles. The molecule has 0 rings (SSSR count). The van der Waals surface area contributed by atoms with Gasteiger partial charge < -0.3 is 14.2 Å². The maximum atomic E-state index is 12.8. The van der Waals surface area contributed by atoms with Gasteiger partial charge in [0.1, 0.15) is 13.2 Å². The van der Waals surface area contributed by atoms with Crippen LogP contribution in [0.1, 0.15) is 252 Å². The van der Waals surface area contributed by atoms with E-state index in [0.29, 0.717) is 19.3 Å². The molecular formula is C55H96O6. The predicted octanol–water partition coefficient (Wildman–Crippen LogP) is 16.9. The topological polar surface area (TPSA) is 78.9 Å². The van der Waals surface area contributed by atoms with Gasteiger partial charge in [-0.05, 0) is 109 Å². The van der Waals surface area contributed by atoms with Crippen molar-refractivity contribution in [2.75, 3.05) is 13.2 Å². The Morgan fingerprint density at radius 2 is 0.590 bits per heavy atom. The second kappa shape index (κ2) is 49.8. The zero-order valence-electron chi connectivity index (χ0n) is 40.2.